The first-order valence-electron chi connectivity index (χ1n) is 10.4. The number of hydrogen-bond donors (Lipinski definition) is 2. The van der Waals surface area contributed by atoms with Crippen LogP contribution in [0.25, 0.3) is 0 Å². The van der Waals surface area contributed by atoms with Crippen LogP contribution in [0.1, 0.15) is 46.5 Å². The molecule has 0 bridgehead atoms. The average molecular weight is 421 g/mol. The van der Waals surface area contributed by atoms with Gasteiger partial charge in [0.05, 0.1) is 12.9 Å². The highest BCUT2D eigenvalue weighted by Crippen LogP contribution is 2.19. The molecule has 0 aliphatic rings. The normalized spacial score (nSPS) is 10.5. The summed E-state index contributed by atoms with van der Waals surface area (Å²) in [6.45, 7) is 5.12. The van der Waals surface area contributed by atoms with Gasteiger partial charge in [0.1, 0.15) is 5.75 Å². The third kappa shape index (κ3) is 7.03. The summed E-state index contributed by atoms with van der Waals surface area (Å²) in [7, 11) is 0. The second kappa shape index (κ2) is 11.0. The molecule has 0 saturated heterocycles. The average Bonchev–Trinajstić information content (AvgIpc) is 3.30. The minimum absolute atomic E-state index is 0.0157. The van der Waals surface area contributed by atoms with Crippen molar-refractivity contribution in [2.75, 3.05) is 11.9 Å². The molecule has 0 radical (unpaired) electrons. The van der Waals surface area contributed by atoms with Crippen LogP contribution in [0.5, 0.6) is 5.75 Å². The van der Waals surface area contributed by atoms with Gasteiger partial charge in [-0.05, 0) is 73.7 Å². The molecule has 1 heterocycles. The predicted molar refractivity (Wildman–Crippen MR) is 120 cm³/mol. The molecule has 0 spiro atoms. The number of aryl methyl sites for hydroxylation is 2. The largest absolute Gasteiger partial charge is 0.493 e. The zero-order valence-corrected chi connectivity index (χ0v) is 17.9. The first kappa shape index (κ1) is 22.2. The Morgan fingerprint density at radius 1 is 1.00 bits per heavy atom. The molecule has 2 amide bonds. The lowest BCUT2D eigenvalue weighted by Crippen LogP contribution is -2.22. The number of amides is 2. The quantitative estimate of drug-likeness (QED) is 0.452. The summed E-state index contributed by atoms with van der Waals surface area (Å²) >= 11 is 0. The molecule has 0 atom stereocenters. The Labute approximate surface area is 182 Å². The molecule has 6 nitrogen and oxygen atoms in total. The van der Waals surface area contributed by atoms with Crippen molar-refractivity contribution in [3.05, 3.63) is 83.3 Å². The van der Waals surface area contributed by atoms with Crippen LogP contribution in [-0.4, -0.2) is 18.4 Å². The van der Waals surface area contributed by atoms with Crippen molar-refractivity contribution in [3.63, 3.8) is 0 Å². The first-order chi connectivity index (χ1) is 15.0. The van der Waals surface area contributed by atoms with E-state index < -0.39 is 0 Å². The van der Waals surface area contributed by atoms with Crippen molar-refractivity contribution in [3.8, 4) is 5.75 Å². The van der Waals surface area contributed by atoms with E-state index >= 15 is 0 Å². The number of furan rings is 1. The minimum Gasteiger partial charge on any atom is -0.493 e. The molecule has 6 heteroatoms. The van der Waals surface area contributed by atoms with Gasteiger partial charge in [0.2, 0.25) is 5.91 Å². The standard InChI is InChI=1S/C25H28N2O4/c1-18-8-9-19(2)23(16-18)31-14-4-3-7-24(28)26-17-20-10-12-21(13-11-20)27-25(29)22-6-5-15-30-22/h5-6,8-13,15-16H,3-4,7,14,17H2,1-2H3,(H,26,28)(H,27,29). The van der Waals surface area contributed by atoms with Crippen LogP contribution in [0.15, 0.2) is 65.3 Å². The van der Waals surface area contributed by atoms with Crippen LogP contribution in [0.2, 0.25) is 0 Å². The molecule has 2 aromatic carbocycles. The van der Waals surface area contributed by atoms with E-state index in [1.807, 2.05) is 32.0 Å². The molecule has 0 saturated carbocycles. The molecular formula is C25H28N2O4. The number of carbonyl (C=O) groups is 2. The van der Waals surface area contributed by atoms with E-state index in [2.05, 4.69) is 22.8 Å². The Morgan fingerprint density at radius 2 is 1.81 bits per heavy atom. The number of rotatable bonds is 10. The van der Waals surface area contributed by atoms with Crippen molar-refractivity contribution in [1.29, 1.82) is 0 Å². The summed E-state index contributed by atoms with van der Waals surface area (Å²) in [5, 5.41) is 5.69. The van der Waals surface area contributed by atoms with Gasteiger partial charge >= 0.3 is 0 Å². The maximum Gasteiger partial charge on any atom is 0.291 e. The molecule has 3 aromatic rings. The SMILES string of the molecule is Cc1ccc(C)c(OCCCCC(=O)NCc2ccc(NC(=O)c3ccco3)cc2)c1. The van der Waals surface area contributed by atoms with Crippen molar-refractivity contribution in [1.82, 2.24) is 5.32 Å². The van der Waals surface area contributed by atoms with Gasteiger partial charge < -0.3 is 19.8 Å². The number of nitrogens with one attached hydrogen (secondary N) is 2. The second-order valence-electron chi connectivity index (χ2n) is 7.48. The second-order valence-corrected chi connectivity index (χ2v) is 7.48. The Balaban J connectivity index is 1.32. The van der Waals surface area contributed by atoms with Gasteiger partial charge in [-0.15, -0.1) is 0 Å². The molecule has 0 fully saturated rings. The number of benzene rings is 2. The number of ether oxygens (including phenoxy) is 1. The Kier molecular flexibility index (Phi) is 7.87. The van der Waals surface area contributed by atoms with Crippen molar-refractivity contribution in [2.45, 2.75) is 39.7 Å². The van der Waals surface area contributed by atoms with E-state index in [9.17, 15) is 9.59 Å². The molecule has 162 valence electrons. The van der Waals surface area contributed by atoms with Gasteiger partial charge in [0, 0.05) is 18.7 Å². The van der Waals surface area contributed by atoms with E-state index in [0.717, 1.165) is 29.7 Å². The Bertz CT molecular complexity index is 995. The van der Waals surface area contributed by atoms with Crippen LogP contribution in [0.3, 0.4) is 0 Å². The molecule has 1 aromatic heterocycles. The maximum absolute atomic E-state index is 12.1. The maximum atomic E-state index is 12.1. The molecular weight excluding hydrogens is 392 g/mol. The van der Waals surface area contributed by atoms with Crippen molar-refractivity contribution >= 4 is 17.5 Å². The van der Waals surface area contributed by atoms with E-state index in [4.69, 9.17) is 9.15 Å². The van der Waals surface area contributed by atoms with Crippen molar-refractivity contribution < 1.29 is 18.7 Å². The third-order valence-corrected chi connectivity index (χ3v) is 4.85. The minimum atomic E-state index is -0.299. The summed E-state index contributed by atoms with van der Waals surface area (Å²) in [6, 6.07) is 16.8. The smallest absolute Gasteiger partial charge is 0.291 e. The highest BCUT2D eigenvalue weighted by molar-refractivity contribution is 6.02. The zero-order chi connectivity index (χ0) is 22.1. The molecule has 0 aliphatic heterocycles. The van der Waals surface area contributed by atoms with E-state index in [1.165, 1.54) is 11.8 Å². The summed E-state index contributed by atoms with van der Waals surface area (Å²) < 4.78 is 10.9. The van der Waals surface area contributed by atoms with E-state index in [0.29, 0.717) is 25.3 Å². The lowest BCUT2D eigenvalue weighted by molar-refractivity contribution is -0.121. The topological polar surface area (TPSA) is 80.6 Å². The summed E-state index contributed by atoms with van der Waals surface area (Å²) in [5.41, 5.74) is 3.92. The van der Waals surface area contributed by atoms with Gasteiger partial charge in [0.15, 0.2) is 5.76 Å². The molecule has 0 unspecified atom stereocenters. The van der Waals surface area contributed by atoms with Crippen molar-refractivity contribution in [2.24, 2.45) is 0 Å². The molecule has 3 rings (SSSR count). The third-order valence-electron chi connectivity index (χ3n) is 4.85. The van der Waals surface area contributed by atoms with Crippen LogP contribution in [0.4, 0.5) is 5.69 Å². The lowest BCUT2D eigenvalue weighted by Gasteiger charge is -2.10. The zero-order valence-electron chi connectivity index (χ0n) is 17.9. The van der Waals surface area contributed by atoms with Gasteiger partial charge in [-0.3, -0.25) is 9.59 Å². The van der Waals surface area contributed by atoms with E-state index in [-0.39, 0.29) is 17.6 Å². The predicted octanol–water partition coefficient (Wildman–Crippen LogP) is 5.01. The first-order valence-corrected chi connectivity index (χ1v) is 10.4. The number of hydrogen-bond acceptors (Lipinski definition) is 4. The van der Waals surface area contributed by atoms with E-state index in [1.54, 1.807) is 24.3 Å². The monoisotopic (exact) mass is 420 g/mol. The van der Waals surface area contributed by atoms with Gasteiger partial charge in [-0.2, -0.15) is 0 Å². The lowest BCUT2D eigenvalue weighted by atomic mass is 10.1. The number of carbonyl (C=O) groups excluding carboxylic acids is 2. The molecule has 0 aliphatic carbocycles. The van der Waals surface area contributed by atoms with Crippen LogP contribution in [0, 0.1) is 13.8 Å². The van der Waals surface area contributed by atoms with Crippen LogP contribution >= 0.6 is 0 Å². The summed E-state index contributed by atoms with van der Waals surface area (Å²) in [5.74, 6) is 0.888. The van der Waals surface area contributed by atoms with Crippen LogP contribution in [-0.2, 0) is 11.3 Å². The number of unbranched alkanes of at least 4 members (excludes halogenated alkanes) is 1. The highest BCUT2D eigenvalue weighted by atomic mass is 16.5. The summed E-state index contributed by atoms with van der Waals surface area (Å²) in [4.78, 5) is 24.0. The Hall–Kier alpha value is -3.54. The van der Waals surface area contributed by atoms with Gasteiger partial charge in [-0.1, -0.05) is 24.3 Å². The highest BCUT2D eigenvalue weighted by Gasteiger charge is 2.08. The fraction of sp³-hybridized carbons (Fsp3) is 0.280. The Morgan fingerprint density at radius 3 is 2.55 bits per heavy atom. The fourth-order valence-electron chi connectivity index (χ4n) is 3.03. The van der Waals surface area contributed by atoms with Gasteiger partial charge in [0.25, 0.3) is 5.91 Å². The van der Waals surface area contributed by atoms with Gasteiger partial charge in [-0.25, -0.2) is 0 Å². The fourth-order valence-corrected chi connectivity index (χ4v) is 3.03. The molecule has 2 N–H and O–H groups in total. The van der Waals surface area contributed by atoms with Crippen LogP contribution < -0.4 is 15.4 Å². The molecule has 31 heavy (non-hydrogen) atoms. The number of anilines is 1. The summed E-state index contributed by atoms with van der Waals surface area (Å²) in [6.07, 6.45) is 3.52.